The Morgan fingerprint density at radius 1 is 1.29 bits per heavy atom. The Bertz CT molecular complexity index is 339. The molecule has 2 nitrogen and oxygen atoms in total. The van der Waals surface area contributed by atoms with E-state index in [9.17, 15) is 4.39 Å². The van der Waals surface area contributed by atoms with Crippen LogP contribution in [0.15, 0.2) is 24.3 Å². The predicted octanol–water partition coefficient (Wildman–Crippen LogP) is 3.12. The molecule has 17 heavy (non-hydrogen) atoms. The highest BCUT2D eigenvalue weighted by Gasteiger charge is 2.12. The third-order valence-electron chi connectivity index (χ3n) is 2.95. The Morgan fingerprint density at radius 2 is 2.00 bits per heavy atom. The van der Waals surface area contributed by atoms with Crippen molar-refractivity contribution >= 4 is 0 Å². The summed E-state index contributed by atoms with van der Waals surface area (Å²) in [6, 6.07) is 6.71. The van der Waals surface area contributed by atoms with E-state index in [0.717, 1.165) is 13.0 Å². The second-order valence-corrected chi connectivity index (χ2v) is 4.81. The maximum Gasteiger partial charge on any atom is 0.128 e. The Labute approximate surface area is 103 Å². The molecule has 0 heterocycles. The number of nitrogens with one attached hydrogen (secondary N) is 1. The molecule has 1 aromatic carbocycles. The van der Waals surface area contributed by atoms with Gasteiger partial charge in [-0.15, -0.1) is 0 Å². The van der Waals surface area contributed by atoms with Crippen molar-refractivity contribution in [3.63, 3.8) is 0 Å². The molecular weight excluding hydrogens is 217 g/mol. The minimum atomic E-state index is -0.200. The topological polar surface area (TPSA) is 21.3 Å². The molecule has 0 aromatic heterocycles. The molecule has 0 radical (unpaired) electrons. The molecule has 0 bridgehead atoms. The van der Waals surface area contributed by atoms with Gasteiger partial charge in [-0.25, -0.2) is 4.39 Å². The van der Waals surface area contributed by atoms with E-state index >= 15 is 0 Å². The monoisotopic (exact) mass is 239 g/mol. The highest BCUT2D eigenvalue weighted by atomic mass is 19.1. The van der Waals surface area contributed by atoms with Crippen molar-refractivity contribution in [3.8, 4) is 0 Å². The van der Waals surface area contributed by atoms with Crippen molar-refractivity contribution in [2.24, 2.45) is 0 Å². The van der Waals surface area contributed by atoms with Gasteiger partial charge in [0.05, 0.1) is 13.2 Å². The van der Waals surface area contributed by atoms with Gasteiger partial charge in [-0.3, -0.25) is 0 Å². The van der Waals surface area contributed by atoms with Crippen LogP contribution in [0.25, 0.3) is 0 Å². The van der Waals surface area contributed by atoms with E-state index in [2.05, 4.69) is 26.1 Å². The van der Waals surface area contributed by atoms with Gasteiger partial charge in [-0.05, 0) is 26.3 Å². The van der Waals surface area contributed by atoms with E-state index < -0.39 is 0 Å². The van der Waals surface area contributed by atoms with Crippen LogP contribution in [0.1, 0.15) is 32.8 Å². The smallest absolute Gasteiger partial charge is 0.128 e. The molecule has 0 unspecified atom stereocenters. The Hall–Kier alpha value is -0.930. The summed E-state index contributed by atoms with van der Waals surface area (Å²) in [6.45, 7) is 8.18. The standard InChI is InChI=1S/C14H22FNO/c1-4-14(2,3)16-9-10-17-11-12-7-5-6-8-13(12)15/h5-8,16H,4,9-11H2,1-3H3. The summed E-state index contributed by atoms with van der Waals surface area (Å²) in [5, 5.41) is 3.39. The summed E-state index contributed by atoms with van der Waals surface area (Å²) >= 11 is 0. The maximum absolute atomic E-state index is 13.2. The third kappa shape index (κ3) is 5.29. The zero-order valence-electron chi connectivity index (χ0n) is 10.9. The summed E-state index contributed by atoms with van der Waals surface area (Å²) in [5.41, 5.74) is 0.753. The van der Waals surface area contributed by atoms with Crippen LogP contribution in [0.2, 0.25) is 0 Å². The van der Waals surface area contributed by atoms with E-state index in [1.54, 1.807) is 12.1 Å². The van der Waals surface area contributed by atoms with Crippen LogP contribution in [0, 0.1) is 5.82 Å². The first kappa shape index (κ1) is 14.1. The molecule has 0 aliphatic heterocycles. The normalized spacial score (nSPS) is 11.8. The fraction of sp³-hybridized carbons (Fsp3) is 0.571. The summed E-state index contributed by atoms with van der Waals surface area (Å²) in [5.74, 6) is -0.200. The molecule has 0 aliphatic carbocycles. The van der Waals surface area contributed by atoms with Gasteiger partial charge in [-0.2, -0.15) is 0 Å². The van der Waals surface area contributed by atoms with Gasteiger partial charge in [0.25, 0.3) is 0 Å². The highest BCUT2D eigenvalue weighted by Crippen LogP contribution is 2.08. The van der Waals surface area contributed by atoms with Gasteiger partial charge < -0.3 is 10.1 Å². The van der Waals surface area contributed by atoms with Crippen molar-refractivity contribution in [1.29, 1.82) is 0 Å². The molecule has 1 aromatic rings. The van der Waals surface area contributed by atoms with Crippen LogP contribution in [0.3, 0.4) is 0 Å². The van der Waals surface area contributed by atoms with E-state index in [4.69, 9.17) is 4.74 Å². The largest absolute Gasteiger partial charge is 0.375 e. The van der Waals surface area contributed by atoms with Crippen molar-refractivity contribution in [2.45, 2.75) is 39.3 Å². The van der Waals surface area contributed by atoms with Crippen LogP contribution < -0.4 is 5.32 Å². The minimum Gasteiger partial charge on any atom is -0.375 e. The lowest BCUT2D eigenvalue weighted by atomic mass is 10.0. The molecule has 96 valence electrons. The van der Waals surface area contributed by atoms with Crippen LogP contribution in [0.5, 0.6) is 0 Å². The Kier molecular flexibility index (Phi) is 5.59. The quantitative estimate of drug-likeness (QED) is 0.738. The predicted molar refractivity (Wildman–Crippen MR) is 68.4 cm³/mol. The molecule has 1 N–H and O–H groups in total. The SMILES string of the molecule is CCC(C)(C)NCCOCc1ccccc1F. The number of hydrogen-bond acceptors (Lipinski definition) is 2. The second kappa shape index (κ2) is 6.72. The number of benzene rings is 1. The second-order valence-electron chi connectivity index (χ2n) is 4.81. The van der Waals surface area contributed by atoms with Gasteiger partial charge >= 0.3 is 0 Å². The van der Waals surface area contributed by atoms with Crippen LogP contribution >= 0.6 is 0 Å². The molecule has 0 amide bonds. The average Bonchev–Trinajstić information content (AvgIpc) is 2.31. The van der Waals surface area contributed by atoms with Gasteiger partial charge in [0.1, 0.15) is 5.82 Å². The van der Waals surface area contributed by atoms with Crippen molar-refractivity contribution < 1.29 is 9.13 Å². The number of rotatable bonds is 7. The molecule has 0 aliphatic rings. The lowest BCUT2D eigenvalue weighted by molar-refractivity contribution is 0.114. The molecule has 0 spiro atoms. The van der Waals surface area contributed by atoms with E-state index in [0.29, 0.717) is 18.8 Å². The number of halogens is 1. The van der Waals surface area contributed by atoms with Gasteiger partial charge in [-0.1, -0.05) is 25.1 Å². The molecule has 1 rings (SSSR count). The molecule has 0 saturated heterocycles. The molecule has 0 atom stereocenters. The van der Waals surface area contributed by atoms with Gasteiger partial charge in [0.15, 0.2) is 0 Å². The third-order valence-corrected chi connectivity index (χ3v) is 2.95. The first-order chi connectivity index (χ1) is 8.05. The average molecular weight is 239 g/mol. The van der Waals surface area contributed by atoms with Crippen molar-refractivity contribution in [1.82, 2.24) is 5.32 Å². The fourth-order valence-corrected chi connectivity index (χ4v) is 1.38. The zero-order valence-corrected chi connectivity index (χ0v) is 10.9. The van der Waals surface area contributed by atoms with E-state index in [-0.39, 0.29) is 11.4 Å². The summed E-state index contributed by atoms with van der Waals surface area (Å²) in [7, 11) is 0. The lowest BCUT2D eigenvalue weighted by Gasteiger charge is -2.24. The van der Waals surface area contributed by atoms with E-state index in [1.165, 1.54) is 6.07 Å². The lowest BCUT2D eigenvalue weighted by Crippen LogP contribution is -2.40. The van der Waals surface area contributed by atoms with Crippen molar-refractivity contribution in [2.75, 3.05) is 13.2 Å². The van der Waals surface area contributed by atoms with Crippen molar-refractivity contribution in [3.05, 3.63) is 35.6 Å². The summed E-state index contributed by atoms with van der Waals surface area (Å²) in [4.78, 5) is 0. The van der Waals surface area contributed by atoms with Crippen LogP contribution in [0.4, 0.5) is 4.39 Å². The number of hydrogen-bond donors (Lipinski definition) is 1. The Morgan fingerprint density at radius 3 is 2.65 bits per heavy atom. The molecule has 0 fully saturated rings. The number of ether oxygens (including phenoxy) is 1. The summed E-state index contributed by atoms with van der Waals surface area (Å²) in [6.07, 6.45) is 1.07. The van der Waals surface area contributed by atoms with Crippen LogP contribution in [-0.4, -0.2) is 18.7 Å². The van der Waals surface area contributed by atoms with E-state index in [1.807, 2.05) is 6.07 Å². The maximum atomic E-state index is 13.2. The minimum absolute atomic E-state index is 0.140. The first-order valence-corrected chi connectivity index (χ1v) is 6.11. The Balaban J connectivity index is 2.19. The fourth-order valence-electron chi connectivity index (χ4n) is 1.38. The molecule has 0 saturated carbocycles. The van der Waals surface area contributed by atoms with Gasteiger partial charge in [0, 0.05) is 17.6 Å². The van der Waals surface area contributed by atoms with Crippen LogP contribution in [-0.2, 0) is 11.3 Å². The first-order valence-electron chi connectivity index (χ1n) is 6.11. The zero-order chi connectivity index (χ0) is 12.7. The summed E-state index contributed by atoms with van der Waals surface area (Å²) < 4.78 is 18.7. The molecular formula is C14H22FNO. The highest BCUT2D eigenvalue weighted by molar-refractivity contribution is 5.16. The van der Waals surface area contributed by atoms with Gasteiger partial charge in [0.2, 0.25) is 0 Å². The molecule has 3 heteroatoms.